The van der Waals surface area contributed by atoms with Crippen LogP contribution in [0.2, 0.25) is 0 Å². The predicted molar refractivity (Wildman–Crippen MR) is 80.5 cm³/mol. The lowest BCUT2D eigenvalue weighted by Gasteiger charge is -2.11. The van der Waals surface area contributed by atoms with Crippen LogP contribution in [-0.2, 0) is 17.6 Å². The highest BCUT2D eigenvalue weighted by molar-refractivity contribution is 5.79. The summed E-state index contributed by atoms with van der Waals surface area (Å²) < 4.78 is 48.8. The van der Waals surface area contributed by atoms with Crippen molar-refractivity contribution in [3.63, 3.8) is 0 Å². The molecule has 0 amide bonds. The molecule has 7 heteroatoms. The van der Waals surface area contributed by atoms with Crippen LogP contribution in [0, 0.1) is 5.92 Å². The van der Waals surface area contributed by atoms with Crippen molar-refractivity contribution in [2.45, 2.75) is 24.8 Å². The van der Waals surface area contributed by atoms with Gasteiger partial charge in [-0.1, -0.05) is 18.2 Å². The summed E-state index contributed by atoms with van der Waals surface area (Å²) in [6.45, 7) is 0.127. The first-order chi connectivity index (χ1) is 11.8. The van der Waals surface area contributed by atoms with Crippen LogP contribution in [0.25, 0.3) is 0 Å². The number of benzene rings is 2. The molecule has 4 nitrogen and oxygen atoms in total. The maximum atomic E-state index is 12.5. The lowest BCUT2D eigenvalue weighted by atomic mass is 10.1. The van der Waals surface area contributed by atoms with Gasteiger partial charge in [0.2, 0.25) is 0 Å². The van der Waals surface area contributed by atoms with Crippen molar-refractivity contribution < 1.29 is 32.5 Å². The molecule has 1 saturated carbocycles. The van der Waals surface area contributed by atoms with Crippen molar-refractivity contribution in [1.29, 1.82) is 0 Å². The molecule has 0 bridgehead atoms. The average Bonchev–Trinajstić information content (AvgIpc) is 3.16. The van der Waals surface area contributed by atoms with E-state index in [0.29, 0.717) is 17.1 Å². The number of alkyl halides is 3. The van der Waals surface area contributed by atoms with Gasteiger partial charge in [0.15, 0.2) is 0 Å². The van der Waals surface area contributed by atoms with E-state index >= 15 is 0 Å². The quantitative estimate of drug-likeness (QED) is 0.910. The van der Waals surface area contributed by atoms with Crippen LogP contribution in [0.1, 0.15) is 22.6 Å². The number of ether oxygens (including phenoxy) is 2. The monoisotopic (exact) mass is 350 g/mol. The summed E-state index contributed by atoms with van der Waals surface area (Å²) in [5.74, 6) is -0.310. The number of hydrogen-bond donors (Lipinski definition) is 1. The molecule has 130 valence electrons. The van der Waals surface area contributed by atoms with E-state index < -0.39 is 23.6 Å². The Balaban J connectivity index is 1.41. The Hall–Kier alpha value is -2.70. The Morgan fingerprint density at radius 3 is 2.52 bits per heavy atom. The number of hydrogen-bond acceptors (Lipinski definition) is 3. The maximum Gasteiger partial charge on any atom is 0.416 e. The number of halogens is 3. The maximum absolute atomic E-state index is 12.5. The zero-order valence-electron chi connectivity index (χ0n) is 12.8. The normalized spacial score (nSPS) is 23.4. The fourth-order valence-corrected chi connectivity index (χ4v) is 3.18. The largest absolute Gasteiger partial charge is 0.489 e. The number of carbonyl (C=O) groups is 1. The van der Waals surface area contributed by atoms with E-state index in [2.05, 4.69) is 0 Å². The summed E-state index contributed by atoms with van der Waals surface area (Å²) >= 11 is 0. The van der Waals surface area contributed by atoms with Crippen LogP contribution in [0.4, 0.5) is 13.2 Å². The molecule has 3 atom stereocenters. The molecule has 0 saturated heterocycles. The summed E-state index contributed by atoms with van der Waals surface area (Å²) in [6, 6.07) is 9.97. The number of fused-ring (bicyclic) bond motifs is 3. The van der Waals surface area contributed by atoms with E-state index in [4.69, 9.17) is 14.6 Å². The fourth-order valence-electron chi connectivity index (χ4n) is 3.18. The van der Waals surface area contributed by atoms with Crippen LogP contribution in [0.3, 0.4) is 0 Å². The van der Waals surface area contributed by atoms with Crippen molar-refractivity contribution in [2.75, 3.05) is 0 Å². The third kappa shape index (κ3) is 2.79. The van der Waals surface area contributed by atoms with Crippen molar-refractivity contribution in [3.8, 4) is 11.5 Å². The second kappa shape index (κ2) is 5.40. The fraction of sp³-hybridized carbons (Fsp3) is 0.278. The third-order valence-electron chi connectivity index (χ3n) is 4.53. The molecular weight excluding hydrogens is 337 g/mol. The van der Waals surface area contributed by atoms with Crippen molar-refractivity contribution in [1.82, 2.24) is 0 Å². The van der Waals surface area contributed by atoms with Crippen LogP contribution in [0.15, 0.2) is 42.5 Å². The standard InChI is InChI=1S/C18H13F3O4/c19-18(20,21)10-3-1-9(2-4-10)8-24-11-5-6-12-13(7-11)25-16-14(12)15(16)17(22)23/h1-7,14-16H,8H2,(H,22,23). The predicted octanol–water partition coefficient (Wildman–Crippen LogP) is 3.84. The Bertz CT molecular complexity index is 829. The molecular formula is C18H13F3O4. The molecule has 1 aliphatic heterocycles. The average molecular weight is 350 g/mol. The van der Waals surface area contributed by atoms with Crippen LogP contribution in [-0.4, -0.2) is 17.2 Å². The van der Waals surface area contributed by atoms with Crippen LogP contribution in [0.5, 0.6) is 11.5 Å². The van der Waals surface area contributed by atoms with Gasteiger partial charge in [0.1, 0.15) is 30.1 Å². The third-order valence-corrected chi connectivity index (χ3v) is 4.53. The van der Waals surface area contributed by atoms with Gasteiger partial charge in [0, 0.05) is 17.5 Å². The summed E-state index contributed by atoms with van der Waals surface area (Å²) in [6.07, 6.45) is -4.66. The van der Waals surface area contributed by atoms with E-state index in [-0.39, 0.29) is 18.6 Å². The van der Waals surface area contributed by atoms with E-state index in [0.717, 1.165) is 17.7 Å². The molecule has 2 aromatic rings. The minimum atomic E-state index is -4.36. The Labute approximate surface area is 140 Å². The summed E-state index contributed by atoms with van der Waals surface area (Å²) in [5, 5.41) is 9.04. The van der Waals surface area contributed by atoms with Gasteiger partial charge in [0.25, 0.3) is 0 Å². The highest BCUT2D eigenvalue weighted by Crippen LogP contribution is 2.58. The number of carboxylic acid groups (broad SMARTS) is 1. The molecule has 2 aromatic carbocycles. The lowest BCUT2D eigenvalue weighted by Crippen LogP contribution is -2.08. The molecule has 1 fully saturated rings. The van der Waals surface area contributed by atoms with Crippen molar-refractivity contribution in [3.05, 3.63) is 59.2 Å². The first-order valence-corrected chi connectivity index (χ1v) is 7.67. The summed E-state index contributed by atoms with van der Waals surface area (Å²) in [5.41, 5.74) is 0.775. The minimum absolute atomic E-state index is 0.100. The molecule has 0 radical (unpaired) electrons. The molecule has 1 aliphatic carbocycles. The first kappa shape index (κ1) is 15.8. The molecule has 1 N–H and O–H groups in total. The molecule has 25 heavy (non-hydrogen) atoms. The zero-order valence-corrected chi connectivity index (χ0v) is 12.8. The highest BCUT2D eigenvalue weighted by atomic mass is 19.4. The number of aliphatic carboxylic acids is 1. The molecule has 3 unspecified atom stereocenters. The van der Waals surface area contributed by atoms with E-state index in [9.17, 15) is 18.0 Å². The van der Waals surface area contributed by atoms with Gasteiger partial charge in [-0.3, -0.25) is 4.79 Å². The van der Waals surface area contributed by atoms with Gasteiger partial charge in [-0.05, 0) is 23.8 Å². The topological polar surface area (TPSA) is 55.8 Å². The zero-order chi connectivity index (χ0) is 17.8. The van der Waals surface area contributed by atoms with Gasteiger partial charge >= 0.3 is 12.1 Å². The van der Waals surface area contributed by atoms with Gasteiger partial charge in [-0.25, -0.2) is 0 Å². The summed E-state index contributed by atoms with van der Waals surface area (Å²) in [4.78, 5) is 11.0. The van der Waals surface area contributed by atoms with Gasteiger partial charge in [0.05, 0.1) is 5.56 Å². The molecule has 1 heterocycles. The second-order valence-corrected chi connectivity index (χ2v) is 6.16. The van der Waals surface area contributed by atoms with Crippen LogP contribution >= 0.6 is 0 Å². The number of rotatable bonds is 4. The molecule has 2 aliphatic rings. The second-order valence-electron chi connectivity index (χ2n) is 6.16. The van der Waals surface area contributed by atoms with E-state index in [1.165, 1.54) is 12.1 Å². The molecule has 0 spiro atoms. The van der Waals surface area contributed by atoms with E-state index in [1.807, 2.05) is 0 Å². The van der Waals surface area contributed by atoms with Gasteiger partial charge < -0.3 is 14.6 Å². The lowest BCUT2D eigenvalue weighted by molar-refractivity contribution is -0.139. The van der Waals surface area contributed by atoms with Crippen LogP contribution < -0.4 is 9.47 Å². The van der Waals surface area contributed by atoms with Crippen molar-refractivity contribution in [2.24, 2.45) is 5.92 Å². The smallest absolute Gasteiger partial charge is 0.416 e. The van der Waals surface area contributed by atoms with E-state index in [1.54, 1.807) is 18.2 Å². The Kier molecular flexibility index (Phi) is 3.42. The highest BCUT2D eigenvalue weighted by Gasteiger charge is 2.63. The van der Waals surface area contributed by atoms with Gasteiger partial charge in [-0.2, -0.15) is 13.2 Å². The van der Waals surface area contributed by atoms with Gasteiger partial charge in [-0.15, -0.1) is 0 Å². The van der Waals surface area contributed by atoms with Crippen molar-refractivity contribution >= 4 is 5.97 Å². The molecule has 4 rings (SSSR count). The first-order valence-electron chi connectivity index (χ1n) is 7.67. The molecule has 0 aromatic heterocycles. The Morgan fingerprint density at radius 1 is 1.16 bits per heavy atom. The Morgan fingerprint density at radius 2 is 1.88 bits per heavy atom. The number of carboxylic acids is 1. The summed E-state index contributed by atoms with van der Waals surface area (Å²) in [7, 11) is 0. The minimum Gasteiger partial charge on any atom is -0.489 e. The SMILES string of the molecule is O=C(O)C1C2Oc3cc(OCc4ccc(C(F)(F)F)cc4)ccc3C21.